The van der Waals surface area contributed by atoms with E-state index < -0.39 is 11.9 Å². The van der Waals surface area contributed by atoms with Crippen LogP contribution in [0, 0.1) is 11.8 Å². The lowest BCUT2D eigenvalue weighted by Crippen LogP contribution is -2.30. The van der Waals surface area contributed by atoms with Gasteiger partial charge in [-0.3, -0.25) is 9.59 Å². The van der Waals surface area contributed by atoms with E-state index >= 15 is 0 Å². The molecule has 68 valence electrons. The van der Waals surface area contributed by atoms with Gasteiger partial charge in [-0.25, -0.2) is 0 Å². The molecule has 3 heteroatoms. The summed E-state index contributed by atoms with van der Waals surface area (Å²) in [5.41, 5.74) is 0. The van der Waals surface area contributed by atoms with E-state index in [-0.39, 0.29) is 5.78 Å². The largest absolute Gasteiger partial charge is 0.481 e. The lowest BCUT2D eigenvalue weighted by atomic mass is 9.79. The molecular formula is C9H14O3. The summed E-state index contributed by atoms with van der Waals surface area (Å²) in [5.74, 6) is -1.32. The molecule has 0 aliphatic heterocycles. The van der Waals surface area contributed by atoms with E-state index in [9.17, 15) is 9.59 Å². The first-order chi connectivity index (χ1) is 5.65. The summed E-state index contributed by atoms with van der Waals surface area (Å²) in [5, 5.41) is 8.70. The average molecular weight is 170 g/mol. The van der Waals surface area contributed by atoms with Crippen LogP contribution in [0.15, 0.2) is 0 Å². The summed E-state index contributed by atoms with van der Waals surface area (Å²) in [6, 6.07) is 0. The van der Waals surface area contributed by atoms with Crippen LogP contribution in [-0.2, 0) is 9.59 Å². The van der Waals surface area contributed by atoms with Gasteiger partial charge >= 0.3 is 5.97 Å². The minimum atomic E-state index is -0.946. The maximum Gasteiger partial charge on any atom is 0.314 e. The molecule has 0 aromatic rings. The second kappa shape index (κ2) is 3.70. The van der Waals surface area contributed by atoms with E-state index in [1.165, 1.54) is 0 Å². The van der Waals surface area contributed by atoms with E-state index in [0.717, 1.165) is 12.8 Å². The molecule has 0 spiro atoms. The lowest BCUT2D eigenvalue weighted by Gasteiger charge is -2.24. The molecule has 0 aromatic heterocycles. The smallest absolute Gasteiger partial charge is 0.314 e. The van der Waals surface area contributed by atoms with Gasteiger partial charge in [0.1, 0.15) is 11.7 Å². The zero-order valence-corrected chi connectivity index (χ0v) is 7.25. The molecular weight excluding hydrogens is 156 g/mol. The Kier molecular flexibility index (Phi) is 2.84. The summed E-state index contributed by atoms with van der Waals surface area (Å²) in [4.78, 5) is 21.7. The third-order valence-electron chi connectivity index (χ3n) is 2.63. The number of hydrogen-bond donors (Lipinski definition) is 1. The Morgan fingerprint density at radius 3 is 2.83 bits per heavy atom. The molecule has 2 atom stereocenters. The van der Waals surface area contributed by atoms with Gasteiger partial charge in [0.05, 0.1) is 0 Å². The van der Waals surface area contributed by atoms with Crippen LogP contribution in [0.3, 0.4) is 0 Å². The summed E-state index contributed by atoms with van der Waals surface area (Å²) < 4.78 is 0. The van der Waals surface area contributed by atoms with Gasteiger partial charge in [-0.15, -0.1) is 0 Å². The fraction of sp³-hybridized carbons (Fsp3) is 0.778. The van der Waals surface area contributed by atoms with Gasteiger partial charge in [-0.05, 0) is 18.8 Å². The lowest BCUT2D eigenvalue weighted by molar-refractivity contribution is -0.148. The number of rotatable bonds is 2. The van der Waals surface area contributed by atoms with Crippen molar-refractivity contribution in [3.8, 4) is 0 Å². The number of carboxylic acids is 1. The van der Waals surface area contributed by atoms with Crippen molar-refractivity contribution in [1.29, 1.82) is 0 Å². The molecule has 1 fully saturated rings. The molecule has 3 nitrogen and oxygen atoms in total. The molecule has 1 N–H and O–H groups in total. The van der Waals surface area contributed by atoms with Gasteiger partial charge in [0.15, 0.2) is 0 Å². The minimum Gasteiger partial charge on any atom is -0.481 e. The number of Topliss-reactive ketones (excluding diaryl/α,β-unsaturated/α-hetero) is 1. The topological polar surface area (TPSA) is 54.4 Å². The standard InChI is InChI=1S/C9H14O3/c1-2-6-3-4-8(10)7(5-6)9(11)12/h6-7H,2-5H2,1H3,(H,11,12). The average Bonchev–Trinajstić information content (AvgIpc) is 2.05. The van der Waals surface area contributed by atoms with Crippen molar-refractivity contribution in [3.63, 3.8) is 0 Å². The van der Waals surface area contributed by atoms with Crippen molar-refractivity contribution in [2.75, 3.05) is 0 Å². The Balaban J connectivity index is 2.59. The van der Waals surface area contributed by atoms with Crippen molar-refractivity contribution in [2.45, 2.75) is 32.6 Å². The monoisotopic (exact) mass is 170 g/mol. The summed E-state index contributed by atoms with van der Waals surface area (Å²) in [6.07, 6.45) is 2.86. The maximum absolute atomic E-state index is 11.1. The zero-order valence-electron chi connectivity index (χ0n) is 7.25. The molecule has 1 aliphatic carbocycles. The number of aliphatic carboxylic acids is 1. The predicted molar refractivity (Wildman–Crippen MR) is 43.8 cm³/mol. The predicted octanol–water partition coefficient (Wildman–Crippen LogP) is 1.47. The highest BCUT2D eigenvalue weighted by Crippen LogP contribution is 2.28. The van der Waals surface area contributed by atoms with Gasteiger partial charge < -0.3 is 5.11 Å². The molecule has 0 saturated heterocycles. The van der Waals surface area contributed by atoms with Crippen molar-refractivity contribution in [2.24, 2.45) is 11.8 Å². The first-order valence-electron chi connectivity index (χ1n) is 4.40. The molecule has 0 bridgehead atoms. The Morgan fingerprint density at radius 1 is 1.67 bits per heavy atom. The molecule has 0 heterocycles. The van der Waals surface area contributed by atoms with Crippen LogP contribution in [0.25, 0.3) is 0 Å². The zero-order chi connectivity index (χ0) is 9.14. The fourth-order valence-electron chi connectivity index (χ4n) is 1.71. The highest BCUT2D eigenvalue weighted by Gasteiger charge is 2.32. The second-order valence-corrected chi connectivity index (χ2v) is 3.41. The molecule has 0 aromatic carbocycles. The second-order valence-electron chi connectivity index (χ2n) is 3.41. The summed E-state index contributed by atoms with van der Waals surface area (Å²) in [7, 11) is 0. The number of ketones is 1. The Morgan fingerprint density at radius 2 is 2.33 bits per heavy atom. The van der Waals surface area contributed by atoms with Crippen LogP contribution in [0.2, 0.25) is 0 Å². The van der Waals surface area contributed by atoms with Crippen LogP contribution in [-0.4, -0.2) is 16.9 Å². The van der Waals surface area contributed by atoms with Crippen molar-refractivity contribution < 1.29 is 14.7 Å². The van der Waals surface area contributed by atoms with Crippen molar-refractivity contribution in [3.05, 3.63) is 0 Å². The van der Waals surface area contributed by atoms with Gasteiger partial charge in [0, 0.05) is 6.42 Å². The normalized spacial score (nSPS) is 30.2. The van der Waals surface area contributed by atoms with Crippen LogP contribution in [0.1, 0.15) is 32.6 Å². The van der Waals surface area contributed by atoms with Gasteiger partial charge in [0.2, 0.25) is 0 Å². The van der Waals surface area contributed by atoms with Crippen LogP contribution in [0.4, 0.5) is 0 Å². The number of carboxylic acid groups (broad SMARTS) is 1. The first kappa shape index (κ1) is 9.23. The SMILES string of the molecule is CCC1CCC(=O)C(C(=O)O)C1. The molecule has 0 amide bonds. The molecule has 12 heavy (non-hydrogen) atoms. The van der Waals surface area contributed by atoms with Gasteiger partial charge in [-0.2, -0.15) is 0 Å². The Hall–Kier alpha value is -0.860. The van der Waals surface area contributed by atoms with E-state index in [1.807, 2.05) is 6.92 Å². The third-order valence-corrected chi connectivity index (χ3v) is 2.63. The highest BCUT2D eigenvalue weighted by atomic mass is 16.4. The Labute approximate surface area is 71.8 Å². The van der Waals surface area contributed by atoms with Crippen molar-refractivity contribution >= 4 is 11.8 Å². The molecule has 1 aliphatic rings. The maximum atomic E-state index is 11.1. The molecule has 2 unspecified atom stereocenters. The van der Waals surface area contributed by atoms with E-state index in [4.69, 9.17) is 5.11 Å². The van der Waals surface area contributed by atoms with Crippen LogP contribution in [0.5, 0.6) is 0 Å². The third kappa shape index (κ3) is 1.84. The quantitative estimate of drug-likeness (QED) is 0.638. The fourth-order valence-corrected chi connectivity index (χ4v) is 1.71. The molecule has 0 radical (unpaired) electrons. The number of carbonyl (C=O) groups excluding carboxylic acids is 1. The Bertz CT molecular complexity index is 198. The molecule has 1 saturated carbocycles. The van der Waals surface area contributed by atoms with Gasteiger partial charge in [-0.1, -0.05) is 13.3 Å². The summed E-state index contributed by atoms with van der Waals surface area (Å²) >= 11 is 0. The first-order valence-corrected chi connectivity index (χ1v) is 4.40. The van der Waals surface area contributed by atoms with E-state index in [2.05, 4.69) is 0 Å². The number of hydrogen-bond acceptors (Lipinski definition) is 2. The van der Waals surface area contributed by atoms with Crippen LogP contribution >= 0.6 is 0 Å². The summed E-state index contributed by atoms with van der Waals surface area (Å²) in [6.45, 7) is 2.04. The molecule has 1 rings (SSSR count). The van der Waals surface area contributed by atoms with Crippen molar-refractivity contribution in [1.82, 2.24) is 0 Å². The van der Waals surface area contributed by atoms with E-state index in [0.29, 0.717) is 18.8 Å². The van der Waals surface area contributed by atoms with Crippen LogP contribution < -0.4 is 0 Å². The van der Waals surface area contributed by atoms with Gasteiger partial charge in [0.25, 0.3) is 0 Å². The minimum absolute atomic E-state index is 0.0906. The van der Waals surface area contributed by atoms with E-state index in [1.54, 1.807) is 0 Å². The highest BCUT2D eigenvalue weighted by molar-refractivity contribution is 5.98. The number of carbonyl (C=O) groups is 2.